The molecule has 3 aromatic heterocycles. The van der Waals surface area contributed by atoms with Gasteiger partial charge in [0.2, 0.25) is 0 Å². The van der Waals surface area contributed by atoms with Gasteiger partial charge in [-0.25, -0.2) is 4.98 Å². The van der Waals surface area contributed by atoms with E-state index in [0.29, 0.717) is 16.8 Å². The molecule has 0 spiro atoms. The molecule has 0 aliphatic carbocycles. The molecule has 6 heteroatoms. The van der Waals surface area contributed by atoms with Crippen LogP contribution in [0.1, 0.15) is 32.0 Å². The molecule has 23 heavy (non-hydrogen) atoms. The van der Waals surface area contributed by atoms with Crippen molar-refractivity contribution in [2.75, 3.05) is 0 Å². The zero-order valence-corrected chi connectivity index (χ0v) is 14.4. The highest BCUT2D eigenvalue weighted by Gasteiger charge is 2.36. The molecule has 120 valence electrons. The second kappa shape index (κ2) is 5.81. The Labute approximate surface area is 140 Å². The molecule has 0 radical (unpaired) electrons. The Bertz CT molecular complexity index is 806. The van der Waals surface area contributed by atoms with Gasteiger partial charge in [0.1, 0.15) is 5.15 Å². The van der Waals surface area contributed by atoms with Crippen molar-refractivity contribution in [3.05, 3.63) is 53.2 Å². The van der Waals surface area contributed by atoms with Gasteiger partial charge in [0.15, 0.2) is 5.76 Å². The monoisotopic (exact) mass is 330 g/mol. The summed E-state index contributed by atoms with van der Waals surface area (Å²) in [5.74, 6) is 1.01. The highest BCUT2D eigenvalue weighted by Crippen LogP contribution is 2.39. The Kier molecular flexibility index (Phi) is 3.98. The Morgan fingerprint density at radius 3 is 2.61 bits per heavy atom. The van der Waals surface area contributed by atoms with Crippen molar-refractivity contribution in [2.24, 2.45) is 13.0 Å². The first kappa shape index (κ1) is 15.7. The maximum atomic E-state index is 5.92. The van der Waals surface area contributed by atoms with Crippen LogP contribution in [0, 0.1) is 5.92 Å². The third kappa shape index (κ3) is 2.77. The lowest BCUT2D eigenvalue weighted by atomic mass is 9.71. The Balaban J connectivity index is 2.05. The van der Waals surface area contributed by atoms with Crippen LogP contribution in [0.3, 0.4) is 0 Å². The molecule has 0 fully saturated rings. The second-order valence-corrected chi connectivity index (χ2v) is 6.59. The first-order chi connectivity index (χ1) is 10.9. The fraction of sp³-hybridized carbons (Fsp3) is 0.353. The standard InChI is InChI=1S/C17H19ClN4O/c1-11(2)17(3,13-5-6-16(18)19-9-13)15-7-14(23-21-15)12-8-20-22(4)10-12/h5-11H,1-4H3. The molecule has 5 nitrogen and oxygen atoms in total. The molecule has 3 rings (SSSR count). The van der Waals surface area contributed by atoms with E-state index in [4.69, 9.17) is 16.1 Å². The summed E-state index contributed by atoms with van der Waals surface area (Å²) in [6.45, 7) is 6.47. The van der Waals surface area contributed by atoms with E-state index in [1.807, 2.05) is 25.4 Å². The van der Waals surface area contributed by atoms with E-state index in [1.54, 1.807) is 23.1 Å². The lowest BCUT2D eigenvalue weighted by molar-refractivity contribution is 0.353. The summed E-state index contributed by atoms with van der Waals surface area (Å²) in [7, 11) is 1.87. The summed E-state index contributed by atoms with van der Waals surface area (Å²) >= 11 is 5.92. The summed E-state index contributed by atoms with van der Waals surface area (Å²) in [5, 5.41) is 8.98. The van der Waals surface area contributed by atoms with Crippen LogP contribution in [0.2, 0.25) is 5.15 Å². The number of pyridine rings is 1. The van der Waals surface area contributed by atoms with Crippen LogP contribution < -0.4 is 0 Å². The molecule has 0 N–H and O–H groups in total. The summed E-state index contributed by atoms with van der Waals surface area (Å²) in [6.07, 6.45) is 5.47. The van der Waals surface area contributed by atoms with Crippen LogP contribution in [0.5, 0.6) is 0 Å². The first-order valence-corrected chi connectivity index (χ1v) is 7.87. The van der Waals surface area contributed by atoms with Gasteiger partial charge in [-0.2, -0.15) is 5.10 Å². The van der Waals surface area contributed by atoms with Gasteiger partial charge < -0.3 is 4.52 Å². The predicted molar refractivity (Wildman–Crippen MR) is 89.2 cm³/mol. The average molecular weight is 331 g/mol. The van der Waals surface area contributed by atoms with Crippen LogP contribution in [0.15, 0.2) is 41.3 Å². The van der Waals surface area contributed by atoms with E-state index in [9.17, 15) is 0 Å². The molecule has 0 aromatic carbocycles. The summed E-state index contributed by atoms with van der Waals surface area (Å²) < 4.78 is 7.29. The number of hydrogen-bond donors (Lipinski definition) is 0. The van der Waals surface area contributed by atoms with Crippen LogP contribution in [-0.2, 0) is 12.5 Å². The van der Waals surface area contributed by atoms with E-state index < -0.39 is 0 Å². The van der Waals surface area contributed by atoms with Crippen molar-refractivity contribution in [3.8, 4) is 11.3 Å². The minimum atomic E-state index is -0.318. The summed E-state index contributed by atoms with van der Waals surface area (Å²) in [6, 6.07) is 5.78. The van der Waals surface area contributed by atoms with Gasteiger partial charge in [-0.05, 0) is 24.5 Å². The molecular weight excluding hydrogens is 312 g/mol. The SMILES string of the molecule is CC(C)C(C)(c1ccc(Cl)nc1)c1cc(-c2cnn(C)c2)on1. The van der Waals surface area contributed by atoms with E-state index in [2.05, 4.69) is 36.0 Å². The third-order valence-corrected chi connectivity index (χ3v) is 4.74. The van der Waals surface area contributed by atoms with Crippen molar-refractivity contribution < 1.29 is 4.52 Å². The van der Waals surface area contributed by atoms with Gasteiger partial charge in [-0.3, -0.25) is 4.68 Å². The minimum Gasteiger partial charge on any atom is -0.356 e. The van der Waals surface area contributed by atoms with Crippen molar-refractivity contribution in [3.63, 3.8) is 0 Å². The average Bonchev–Trinajstić information content (AvgIpc) is 3.16. The van der Waals surface area contributed by atoms with Crippen molar-refractivity contribution in [1.82, 2.24) is 19.9 Å². The highest BCUT2D eigenvalue weighted by molar-refractivity contribution is 6.29. The molecule has 1 unspecified atom stereocenters. The molecule has 3 heterocycles. The van der Waals surface area contributed by atoms with E-state index >= 15 is 0 Å². The minimum absolute atomic E-state index is 0.303. The largest absolute Gasteiger partial charge is 0.356 e. The fourth-order valence-electron chi connectivity index (χ4n) is 2.66. The molecule has 0 bridgehead atoms. The van der Waals surface area contributed by atoms with Crippen LogP contribution >= 0.6 is 11.6 Å². The lowest BCUT2D eigenvalue weighted by Gasteiger charge is -2.31. The molecule has 3 aromatic rings. The second-order valence-electron chi connectivity index (χ2n) is 6.21. The van der Waals surface area contributed by atoms with Crippen molar-refractivity contribution >= 4 is 11.6 Å². The lowest BCUT2D eigenvalue weighted by Crippen LogP contribution is -2.30. The topological polar surface area (TPSA) is 56.7 Å². The zero-order chi connectivity index (χ0) is 16.6. The fourth-order valence-corrected chi connectivity index (χ4v) is 2.78. The van der Waals surface area contributed by atoms with E-state index in [0.717, 1.165) is 16.8 Å². The molecule has 0 saturated heterocycles. The molecule has 0 aliphatic heterocycles. The number of nitrogens with zero attached hydrogens (tertiary/aromatic N) is 4. The van der Waals surface area contributed by atoms with Gasteiger partial charge in [-0.1, -0.05) is 36.7 Å². The number of aromatic nitrogens is 4. The van der Waals surface area contributed by atoms with Crippen LogP contribution in [-0.4, -0.2) is 19.9 Å². The molecular formula is C17H19ClN4O. The van der Waals surface area contributed by atoms with Crippen LogP contribution in [0.4, 0.5) is 0 Å². The Morgan fingerprint density at radius 2 is 2.04 bits per heavy atom. The maximum absolute atomic E-state index is 5.92. The third-order valence-electron chi connectivity index (χ3n) is 4.51. The number of aryl methyl sites for hydroxylation is 1. The predicted octanol–water partition coefficient (Wildman–Crippen LogP) is 4.09. The molecule has 1 atom stereocenters. The first-order valence-electron chi connectivity index (χ1n) is 7.49. The normalized spacial score (nSPS) is 14.2. The van der Waals surface area contributed by atoms with Crippen molar-refractivity contribution in [2.45, 2.75) is 26.2 Å². The van der Waals surface area contributed by atoms with Gasteiger partial charge >= 0.3 is 0 Å². The zero-order valence-electron chi connectivity index (χ0n) is 13.6. The van der Waals surface area contributed by atoms with Gasteiger partial charge in [0, 0.05) is 30.9 Å². The Morgan fingerprint density at radius 1 is 1.26 bits per heavy atom. The van der Waals surface area contributed by atoms with Crippen molar-refractivity contribution in [1.29, 1.82) is 0 Å². The molecule has 0 amide bonds. The van der Waals surface area contributed by atoms with E-state index in [-0.39, 0.29) is 5.41 Å². The quantitative estimate of drug-likeness (QED) is 0.676. The van der Waals surface area contributed by atoms with Crippen LogP contribution in [0.25, 0.3) is 11.3 Å². The summed E-state index contributed by atoms with van der Waals surface area (Å²) in [4.78, 5) is 4.22. The maximum Gasteiger partial charge on any atom is 0.170 e. The summed E-state index contributed by atoms with van der Waals surface area (Å²) in [5.41, 5.74) is 2.52. The van der Waals surface area contributed by atoms with E-state index in [1.165, 1.54) is 0 Å². The number of rotatable bonds is 4. The van der Waals surface area contributed by atoms with Gasteiger partial charge in [-0.15, -0.1) is 0 Å². The van der Waals surface area contributed by atoms with Gasteiger partial charge in [0.25, 0.3) is 0 Å². The molecule has 0 aliphatic rings. The number of halogens is 1. The molecule has 0 saturated carbocycles. The Hall–Kier alpha value is -2.14. The smallest absolute Gasteiger partial charge is 0.170 e. The highest BCUT2D eigenvalue weighted by atomic mass is 35.5. The van der Waals surface area contributed by atoms with Gasteiger partial charge in [0.05, 0.1) is 17.5 Å². The number of hydrogen-bond acceptors (Lipinski definition) is 4.